The Kier molecular flexibility index (Phi) is 10.3. The molecule has 3 radical (unpaired) electrons. The summed E-state index contributed by atoms with van der Waals surface area (Å²) in [6.45, 7) is 7.11. The van der Waals surface area contributed by atoms with Gasteiger partial charge >= 0.3 is 0 Å². The molecule has 0 bridgehead atoms. The minimum absolute atomic E-state index is 0. The van der Waals surface area contributed by atoms with Crippen molar-refractivity contribution in [3.63, 3.8) is 0 Å². The molecule has 5 heteroatoms. The minimum atomic E-state index is -0.125. The second-order valence-electron chi connectivity index (χ2n) is 4.86. The van der Waals surface area contributed by atoms with E-state index < -0.39 is 0 Å². The molecule has 2 aromatic rings. The van der Waals surface area contributed by atoms with Crippen LogP contribution in [0.1, 0.15) is 19.4 Å². The van der Waals surface area contributed by atoms with Gasteiger partial charge in [-0.2, -0.15) is 0 Å². The van der Waals surface area contributed by atoms with Crippen LogP contribution in [0, 0.1) is 13.0 Å². The van der Waals surface area contributed by atoms with Crippen molar-refractivity contribution < 1.29 is 30.0 Å². The maximum absolute atomic E-state index is 10.0. The van der Waals surface area contributed by atoms with E-state index in [1.165, 1.54) is 30.7 Å². The van der Waals surface area contributed by atoms with Gasteiger partial charge in [0.2, 0.25) is 0 Å². The van der Waals surface area contributed by atoms with Gasteiger partial charge in [-0.1, -0.05) is 18.2 Å². The second kappa shape index (κ2) is 11.1. The molecule has 1 N–H and O–H groups in total. The molecule has 0 saturated heterocycles. The summed E-state index contributed by atoms with van der Waals surface area (Å²) in [7, 11) is 0.821. The van der Waals surface area contributed by atoms with Crippen LogP contribution in [0.2, 0.25) is 6.55 Å². The van der Waals surface area contributed by atoms with E-state index in [1.807, 2.05) is 18.3 Å². The molecule has 0 atom stereocenters. The molecule has 0 aliphatic carbocycles. The van der Waals surface area contributed by atoms with Gasteiger partial charge in [-0.05, 0) is 32.5 Å². The molecule has 3 nitrogen and oxygen atoms in total. The monoisotopic (exact) mass is 503 g/mol. The predicted molar refractivity (Wildman–Crippen MR) is 91.6 cm³/mol. The Morgan fingerprint density at radius 2 is 2.00 bits per heavy atom. The second-order valence-corrected chi connectivity index (χ2v) is 5.93. The van der Waals surface area contributed by atoms with Gasteiger partial charge in [-0.15, -0.1) is 35.0 Å². The Balaban J connectivity index is 0.000000522. The molecule has 1 heterocycles. The van der Waals surface area contributed by atoms with Crippen molar-refractivity contribution in [2.24, 2.45) is 0 Å². The smallest absolute Gasteiger partial charge is 0.155 e. The topological polar surface area (TPSA) is 50.2 Å². The number of carbonyl (C=O) groups is 1. The van der Waals surface area contributed by atoms with Crippen LogP contribution in [-0.4, -0.2) is 25.4 Å². The Morgan fingerprint density at radius 1 is 1.30 bits per heavy atom. The number of hydrogen-bond donors (Lipinski definition) is 1. The van der Waals surface area contributed by atoms with E-state index in [0.717, 1.165) is 20.8 Å². The Labute approximate surface area is 154 Å². The van der Waals surface area contributed by atoms with Crippen LogP contribution in [-0.2, 0) is 24.9 Å². The molecule has 0 saturated carbocycles. The average molecular weight is 503 g/mol. The van der Waals surface area contributed by atoms with Gasteiger partial charge in [-0.25, -0.2) is 0 Å². The molecule has 0 amide bonds. The number of pyridine rings is 1. The number of ketones is 1. The Bertz CT molecular complexity index is 668. The Hall–Kier alpha value is -1.55. The minimum Gasteiger partial charge on any atom is -0.512 e. The molecule has 1 aromatic carbocycles. The summed E-state index contributed by atoms with van der Waals surface area (Å²) in [6, 6.07) is 13.6. The van der Waals surface area contributed by atoms with Crippen LogP contribution >= 0.6 is 0 Å². The number of aliphatic hydroxyl groups is 1. The van der Waals surface area contributed by atoms with E-state index in [4.69, 9.17) is 5.11 Å². The molecule has 2 rings (SSSR count). The molecule has 0 spiro atoms. The molecule has 0 unspecified atom stereocenters. The van der Waals surface area contributed by atoms with Crippen molar-refractivity contribution in [3.05, 3.63) is 60.0 Å². The van der Waals surface area contributed by atoms with Crippen LogP contribution in [0.5, 0.6) is 0 Å². The standard InChI is InChI=1S/C13H12NSi.C5H8O2.Ir/c1-10-6-7-14-13(8-10)11-4-3-5-12(9-11)15-2;1-4(6)3-5(2)7;/h3,5-9H,1-2H3;3,6H,1-2H3;/q-1;;/b;4-3-;. The number of nitrogens with zero attached hydrogens (tertiary/aromatic N) is 1. The summed E-state index contributed by atoms with van der Waals surface area (Å²) in [5.41, 5.74) is 3.33. The van der Waals surface area contributed by atoms with Crippen molar-refractivity contribution in [1.29, 1.82) is 0 Å². The molecule has 1 aromatic heterocycles. The first-order valence-electron chi connectivity index (χ1n) is 6.92. The summed E-state index contributed by atoms with van der Waals surface area (Å²) < 4.78 is 0. The zero-order chi connectivity index (χ0) is 16.5. The average Bonchev–Trinajstić information content (AvgIpc) is 2.46. The van der Waals surface area contributed by atoms with Crippen molar-refractivity contribution in [3.8, 4) is 11.3 Å². The zero-order valence-electron chi connectivity index (χ0n) is 13.7. The number of benzene rings is 1. The normalized spacial score (nSPS) is 10.2. The molecule has 0 aliphatic heterocycles. The quantitative estimate of drug-likeness (QED) is 0.303. The molecular weight excluding hydrogens is 483 g/mol. The summed E-state index contributed by atoms with van der Waals surface area (Å²) in [5, 5.41) is 9.72. The number of allylic oxidation sites excluding steroid dienone is 2. The van der Waals surface area contributed by atoms with Crippen molar-refractivity contribution >= 4 is 20.5 Å². The predicted octanol–water partition coefficient (Wildman–Crippen LogP) is 3.27. The van der Waals surface area contributed by atoms with Gasteiger partial charge in [-0.3, -0.25) is 4.79 Å². The van der Waals surface area contributed by atoms with Gasteiger partial charge in [0.1, 0.15) is 0 Å². The SMILES string of the molecule is CC(=O)/C=C(/C)O.C[Si]c1cc[c-]c(-c2cc(C)ccn2)c1.[Ir]. The number of aryl methyl sites for hydroxylation is 1. The van der Waals surface area contributed by atoms with E-state index in [0.29, 0.717) is 0 Å². The third-order valence-electron chi connectivity index (χ3n) is 2.69. The first kappa shape index (κ1) is 21.4. The van der Waals surface area contributed by atoms with Crippen LogP contribution in [0.25, 0.3) is 11.3 Å². The third-order valence-corrected chi connectivity index (χ3v) is 3.58. The van der Waals surface area contributed by atoms with Gasteiger partial charge in [0.15, 0.2) is 5.78 Å². The van der Waals surface area contributed by atoms with Crippen LogP contribution in [0.3, 0.4) is 0 Å². The van der Waals surface area contributed by atoms with Gasteiger partial charge < -0.3 is 10.1 Å². The van der Waals surface area contributed by atoms with Crippen LogP contribution < -0.4 is 5.19 Å². The summed E-state index contributed by atoms with van der Waals surface area (Å²) >= 11 is 0. The first-order valence-corrected chi connectivity index (χ1v) is 8.42. The van der Waals surface area contributed by atoms with E-state index in [-0.39, 0.29) is 31.6 Å². The first-order chi connectivity index (χ1) is 10.4. The van der Waals surface area contributed by atoms with Gasteiger partial charge in [0.05, 0.1) is 15.3 Å². The number of aromatic nitrogens is 1. The number of rotatable bonds is 3. The summed E-state index contributed by atoms with van der Waals surface area (Å²) in [4.78, 5) is 14.4. The number of carbonyl (C=O) groups excluding carboxylic acids is 1. The maximum atomic E-state index is 10.0. The van der Waals surface area contributed by atoms with Crippen LogP contribution in [0.15, 0.2) is 48.4 Å². The molecule has 0 fully saturated rings. The fourth-order valence-corrected chi connectivity index (χ4v) is 2.29. The molecular formula is C18H20IrNO2Si-. The van der Waals surface area contributed by atoms with Gasteiger partial charge in [0.25, 0.3) is 0 Å². The van der Waals surface area contributed by atoms with Gasteiger partial charge in [0, 0.05) is 32.4 Å². The number of hydrogen-bond acceptors (Lipinski definition) is 3. The van der Waals surface area contributed by atoms with E-state index in [9.17, 15) is 4.79 Å². The van der Waals surface area contributed by atoms with Crippen molar-refractivity contribution in [2.75, 3.05) is 0 Å². The molecule has 123 valence electrons. The van der Waals surface area contributed by atoms with Crippen molar-refractivity contribution in [2.45, 2.75) is 27.3 Å². The number of aliphatic hydroxyl groups excluding tert-OH is 1. The van der Waals surface area contributed by atoms with E-state index in [2.05, 4.69) is 42.7 Å². The third kappa shape index (κ3) is 8.60. The van der Waals surface area contributed by atoms with Crippen LogP contribution in [0.4, 0.5) is 0 Å². The van der Waals surface area contributed by atoms with Crippen molar-refractivity contribution in [1.82, 2.24) is 4.98 Å². The fraction of sp³-hybridized carbons (Fsp3) is 0.222. The summed E-state index contributed by atoms with van der Waals surface area (Å²) in [6.07, 6.45) is 3.01. The van der Waals surface area contributed by atoms with E-state index in [1.54, 1.807) is 0 Å². The summed E-state index contributed by atoms with van der Waals surface area (Å²) in [5.74, 6) is -0.0625. The molecule has 23 heavy (non-hydrogen) atoms. The van der Waals surface area contributed by atoms with E-state index >= 15 is 0 Å². The maximum Gasteiger partial charge on any atom is 0.155 e. The molecule has 0 aliphatic rings. The zero-order valence-corrected chi connectivity index (χ0v) is 17.1. The fourth-order valence-electron chi connectivity index (χ4n) is 1.75. The Morgan fingerprint density at radius 3 is 2.48 bits per heavy atom. The largest absolute Gasteiger partial charge is 0.512 e.